The van der Waals surface area contributed by atoms with Crippen LogP contribution in [0.4, 0.5) is 5.69 Å². The van der Waals surface area contributed by atoms with Crippen molar-refractivity contribution in [2.45, 2.75) is 30.7 Å². The minimum absolute atomic E-state index is 0.0384. The smallest absolute Gasteiger partial charge is 0.308 e. The van der Waals surface area contributed by atoms with Crippen molar-refractivity contribution >= 4 is 33.5 Å². The Kier molecular flexibility index (Phi) is 6.71. The number of carbonyl (C=O) groups excluding carboxylic acids is 3. The molecule has 2 aromatic carbocycles. The van der Waals surface area contributed by atoms with E-state index in [-0.39, 0.29) is 23.8 Å². The Bertz CT molecular complexity index is 1100. The van der Waals surface area contributed by atoms with Crippen LogP contribution in [-0.2, 0) is 35.6 Å². The Morgan fingerprint density at radius 3 is 2.45 bits per heavy atom. The minimum Gasteiger partial charge on any atom is -0.456 e. The van der Waals surface area contributed by atoms with Crippen LogP contribution in [0, 0.1) is 0 Å². The third-order valence-electron chi connectivity index (χ3n) is 4.88. The standard InChI is InChI=1S/C21H23N3O6S/c1-14(25)23-16-6-8-17(9-7-16)31(28,29)24-11-10-15-4-2-3-5-18(15)19(24)12-21(27)30-13-20(22)26/h2-9,19H,10-13H2,1H3,(H2,22,26)(H,23,25). The van der Waals surface area contributed by atoms with Crippen LogP contribution in [0.1, 0.15) is 30.5 Å². The molecule has 0 aliphatic carbocycles. The SMILES string of the molecule is CC(=O)Nc1ccc(S(=O)(=O)N2CCc3ccccc3C2CC(=O)OCC(N)=O)cc1. The maximum Gasteiger partial charge on any atom is 0.308 e. The molecular formula is C21H23N3O6S. The molecule has 0 fully saturated rings. The van der Waals surface area contributed by atoms with Crippen LogP contribution in [0.3, 0.4) is 0 Å². The average Bonchev–Trinajstić information content (AvgIpc) is 2.72. The second-order valence-electron chi connectivity index (χ2n) is 7.12. The highest BCUT2D eigenvalue weighted by atomic mass is 32.2. The first-order chi connectivity index (χ1) is 14.7. The zero-order valence-electron chi connectivity index (χ0n) is 16.9. The van der Waals surface area contributed by atoms with Crippen molar-refractivity contribution in [1.29, 1.82) is 0 Å². The highest BCUT2D eigenvalue weighted by molar-refractivity contribution is 7.89. The van der Waals surface area contributed by atoms with E-state index in [0.29, 0.717) is 17.7 Å². The second kappa shape index (κ2) is 9.27. The predicted octanol–water partition coefficient (Wildman–Crippen LogP) is 1.35. The lowest BCUT2D eigenvalue weighted by atomic mass is 9.92. The number of nitrogens with one attached hydrogen (secondary N) is 1. The van der Waals surface area contributed by atoms with E-state index in [4.69, 9.17) is 10.5 Å². The molecule has 1 aliphatic rings. The molecule has 3 rings (SSSR count). The summed E-state index contributed by atoms with van der Waals surface area (Å²) in [5, 5.41) is 2.59. The molecule has 3 N–H and O–H groups in total. The van der Waals surface area contributed by atoms with Gasteiger partial charge in [0.1, 0.15) is 0 Å². The van der Waals surface area contributed by atoms with Crippen LogP contribution < -0.4 is 11.1 Å². The number of benzene rings is 2. The number of carbonyl (C=O) groups is 3. The van der Waals surface area contributed by atoms with Crippen molar-refractivity contribution in [3.05, 3.63) is 59.7 Å². The summed E-state index contributed by atoms with van der Waals surface area (Å²) in [6, 6.07) is 12.3. The van der Waals surface area contributed by atoms with Crippen molar-refractivity contribution < 1.29 is 27.5 Å². The Morgan fingerprint density at radius 1 is 1.13 bits per heavy atom. The molecule has 10 heteroatoms. The number of nitrogens with zero attached hydrogens (tertiary/aromatic N) is 1. The molecule has 0 spiro atoms. The number of hydrogen-bond acceptors (Lipinski definition) is 6. The minimum atomic E-state index is -3.95. The molecule has 2 aromatic rings. The lowest BCUT2D eigenvalue weighted by Crippen LogP contribution is -2.41. The van der Waals surface area contributed by atoms with Gasteiger partial charge in [0.25, 0.3) is 5.91 Å². The van der Waals surface area contributed by atoms with Crippen molar-refractivity contribution in [3.8, 4) is 0 Å². The van der Waals surface area contributed by atoms with Crippen LogP contribution in [0.15, 0.2) is 53.4 Å². The fourth-order valence-electron chi connectivity index (χ4n) is 3.55. The Balaban J connectivity index is 1.92. The van der Waals surface area contributed by atoms with Gasteiger partial charge in [0.15, 0.2) is 6.61 Å². The fourth-order valence-corrected chi connectivity index (χ4v) is 5.15. The quantitative estimate of drug-likeness (QED) is 0.618. The van der Waals surface area contributed by atoms with Crippen LogP contribution in [0.5, 0.6) is 0 Å². The molecule has 0 saturated carbocycles. The molecule has 9 nitrogen and oxygen atoms in total. The first kappa shape index (κ1) is 22.4. The molecule has 0 radical (unpaired) electrons. The lowest BCUT2D eigenvalue weighted by molar-refractivity contribution is -0.148. The van der Waals surface area contributed by atoms with E-state index in [1.54, 1.807) is 12.1 Å². The van der Waals surface area contributed by atoms with Crippen molar-refractivity contribution in [1.82, 2.24) is 4.31 Å². The number of anilines is 1. The first-order valence-electron chi connectivity index (χ1n) is 9.59. The lowest BCUT2D eigenvalue weighted by Gasteiger charge is -2.36. The van der Waals surface area contributed by atoms with E-state index >= 15 is 0 Å². The van der Waals surface area contributed by atoms with Gasteiger partial charge in [0.05, 0.1) is 17.4 Å². The van der Waals surface area contributed by atoms with Crippen molar-refractivity contribution in [2.24, 2.45) is 5.73 Å². The van der Waals surface area contributed by atoms with Gasteiger partial charge < -0.3 is 15.8 Å². The number of ether oxygens (including phenoxy) is 1. The van der Waals surface area contributed by atoms with Crippen molar-refractivity contribution in [2.75, 3.05) is 18.5 Å². The van der Waals surface area contributed by atoms with Gasteiger partial charge >= 0.3 is 5.97 Å². The van der Waals surface area contributed by atoms with E-state index in [1.165, 1.54) is 35.5 Å². The van der Waals surface area contributed by atoms with E-state index in [0.717, 1.165) is 5.56 Å². The number of primary amides is 1. The number of rotatable bonds is 7. The summed E-state index contributed by atoms with van der Waals surface area (Å²) in [6.07, 6.45) is 0.236. The largest absolute Gasteiger partial charge is 0.456 e. The van der Waals surface area contributed by atoms with Crippen LogP contribution in [0.25, 0.3) is 0 Å². The van der Waals surface area contributed by atoms with Gasteiger partial charge in [-0.05, 0) is 41.8 Å². The van der Waals surface area contributed by atoms with Gasteiger partial charge in [-0.3, -0.25) is 14.4 Å². The van der Waals surface area contributed by atoms with Crippen LogP contribution in [0.2, 0.25) is 0 Å². The Labute approximate surface area is 180 Å². The number of amides is 2. The van der Waals surface area contributed by atoms with Gasteiger partial charge in [-0.15, -0.1) is 0 Å². The van der Waals surface area contributed by atoms with Gasteiger partial charge in [0.2, 0.25) is 15.9 Å². The summed E-state index contributed by atoms with van der Waals surface area (Å²) >= 11 is 0. The molecule has 31 heavy (non-hydrogen) atoms. The molecule has 0 aromatic heterocycles. The van der Waals surface area contributed by atoms with E-state index < -0.39 is 34.5 Å². The second-order valence-corrected chi connectivity index (χ2v) is 9.01. The summed E-state index contributed by atoms with van der Waals surface area (Å²) < 4.78 is 32.9. The zero-order valence-corrected chi connectivity index (χ0v) is 17.7. The number of esters is 1. The van der Waals surface area contributed by atoms with E-state index in [9.17, 15) is 22.8 Å². The number of sulfonamides is 1. The molecule has 0 saturated heterocycles. The van der Waals surface area contributed by atoms with Gasteiger partial charge in [0, 0.05) is 19.2 Å². The maximum atomic E-state index is 13.4. The summed E-state index contributed by atoms with van der Waals surface area (Å²) in [7, 11) is -3.95. The van der Waals surface area contributed by atoms with E-state index in [2.05, 4.69) is 5.32 Å². The number of fused-ring (bicyclic) bond motifs is 1. The third kappa shape index (κ3) is 5.28. The molecule has 0 bridgehead atoms. The number of nitrogens with two attached hydrogens (primary N) is 1. The molecule has 1 heterocycles. The average molecular weight is 445 g/mol. The molecule has 2 amide bonds. The summed E-state index contributed by atoms with van der Waals surface area (Å²) in [6.45, 7) is 0.975. The normalized spacial score (nSPS) is 16.2. The maximum absolute atomic E-state index is 13.4. The highest BCUT2D eigenvalue weighted by Crippen LogP contribution is 2.36. The Morgan fingerprint density at radius 2 is 1.81 bits per heavy atom. The summed E-state index contributed by atoms with van der Waals surface area (Å²) in [5.41, 5.74) is 7.15. The highest BCUT2D eigenvalue weighted by Gasteiger charge is 2.37. The van der Waals surface area contributed by atoms with Crippen molar-refractivity contribution in [3.63, 3.8) is 0 Å². The van der Waals surface area contributed by atoms with Gasteiger partial charge in [-0.1, -0.05) is 24.3 Å². The summed E-state index contributed by atoms with van der Waals surface area (Å²) in [4.78, 5) is 34.4. The molecule has 1 atom stereocenters. The molecule has 1 unspecified atom stereocenters. The third-order valence-corrected chi connectivity index (χ3v) is 6.80. The first-order valence-corrected chi connectivity index (χ1v) is 11.0. The Hall–Kier alpha value is -3.24. The monoisotopic (exact) mass is 445 g/mol. The van der Waals surface area contributed by atoms with Crippen LogP contribution >= 0.6 is 0 Å². The molecular weight excluding hydrogens is 422 g/mol. The van der Waals surface area contributed by atoms with Gasteiger partial charge in [-0.2, -0.15) is 4.31 Å². The summed E-state index contributed by atoms with van der Waals surface area (Å²) in [5.74, 6) is -1.78. The topological polar surface area (TPSA) is 136 Å². The fraction of sp³-hybridized carbons (Fsp3) is 0.286. The number of hydrogen-bond donors (Lipinski definition) is 2. The predicted molar refractivity (Wildman–Crippen MR) is 112 cm³/mol. The zero-order chi connectivity index (χ0) is 22.6. The molecule has 164 valence electrons. The van der Waals surface area contributed by atoms with E-state index in [1.807, 2.05) is 12.1 Å². The van der Waals surface area contributed by atoms with Crippen LogP contribution in [-0.4, -0.2) is 43.7 Å². The van der Waals surface area contributed by atoms with Gasteiger partial charge in [-0.25, -0.2) is 8.42 Å². The molecule has 1 aliphatic heterocycles.